The van der Waals surface area contributed by atoms with Gasteiger partial charge in [0.05, 0.1) is 30.7 Å². The molecule has 2 heterocycles. The van der Waals surface area contributed by atoms with Gasteiger partial charge in [-0.2, -0.15) is 0 Å². The molecule has 1 saturated carbocycles. The first kappa shape index (κ1) is 18.7. The van der Waals surface area contributed by atoms with Gasteiger partial charge < -0.3 is 20.3 Å². The van der Waals surface area contributed by atoms with E-state index in [1.165, 1.54) is 12.1 Å². The largest absolute Gasteiger partial charge is 0.391 e. The Hall–Kier alpha value is -2.67. The number of halogens is 1. The number of benzene rings is 1. The van der Waals surface area contributed by atoms with E-state index in [0.717, 1.165) is 29.8 Å². The zero-order valence-electron chi connectivity index (χ0n) is 16.0. The number of carbonyl (C=O) groups excluding carboxylic acids is 2. The highest BCUT2D eigenvalue weighted by molar-refractivity contribution is 6.01. The number of aromatic amines is 1. The fourth-order valence-corrected chi connectivity index (χ4v) is 4.35. The second-order valence-electron chi connectivity index (χ2n) is 7.74. The third-order valence-corrected chi connectivity index (χ3v) is 5.86. The van der Waals surface area contributed by atoms with Crippen LogP contribution < -0.4 is 10.2 Å². The molecule has 0 spiro atoms. The molecule has 4 rings (SSSR count). The first-order chi connectivity index (χ1) is 13.3. The number of nitrogens with zero attached hydrogens (tertiary/aromatic N) is 1. The van der Waals surface area contributed by atoms with Crippen LogP contribution in [-0.2, 0) is 17.8 Å². The molecule has 7 heteroatoms. The SMILES string of the molecule is Cc1[nH]c(CN2C(=O)Cc3cc(F)ccc32)c(C)c1C(=O)N[C@H]1CCC[C@H]1O. The molecule has 2 amide bonds. The summed E-state index contributed by atoms with van der Waals surface area (Å²) in [7, 11) is 0. The Morgan fingerprint density at radius 3 is 2.86 bits per heavy atom. The van der Waals surface area contributed by atoms with Gasteiger partial charge in [-0.3, -0.25) is 9.59 Å². The minimum atomic E-state index is -0.498. The van der Waals surface area contributed by atoms with E-state index in [2.05, 4.69) is 10.3 Å². The first-order valence-electron chi connectivity index (χ1n) is 9.61. The third-order valence-electron chi connectivity index (χ3n) is 5.86. The minimum Gasteiger partial charge on any atom is -0.391 e. The van der Waals surface area contributed by atoms with Crippen LogP contribution in [0.25, 0.3) is 0 Å². The Balaban J connectivity index is 1.56. The van der Waals surface area contributed by atoms with Gasteiger partial charge in [-0.1, -0.05) is 0 Å². The second kappa shape index (κ2) is 7.05. The van der Waals surface area contributed by atoms with Crippen molar-refractivity contribution >= 4 is 17.5 Å². The van der Waals surface area contributed by atoms with Crippen LogP contribution in [-0.4, -0.2) is 34.1 Å². The quantitative estimate of drug-likeness (QED) is 0.756. The second-order valence-corrected chi connectivity index (χ2v) is 7.74. The molecule has 6 nitrogen and oxygen atoms in total. The minimum absolute atomic E-state index is 0.0904. The van der Waals surface area contributed by atoms with Crippen molar-refractivity contribution in [3.63, 3.8) is 0 Å². The number of fused-ring (bicyclic) bond motifs is 1. The molecule has 148 valence electrons. The molecule has 1 aliphatic carbocycles. The van der Waals surface area contributed by atoms with Gasteiger partial charge in [0, 0.05) is 17.1 Å². The standard InChI is InChI=1S/C21H24FN3O3/c1-11-16(10-25-17-7-6-14(22)8-13(17)9-19(25)27)23-12(2)20(11)21(28)24-15-4-3-5-18(15)26/h6-8,15,18,23,26H,3-5,9-10H2,1-2H3,(H,24,28)/t15-,18+/m0/s1. The predicted molar refractivity (Wildman–Crippen MR) is 103 cm³/mol. The lowest BCUT2D eigenvalue weighted by Gasteiger charge is -2.18. The van der Waals surface area contributed by atoms with Gasteiger partial charge in [0.2, 0.25) is 5.91 Å². The normalized spacial score (nSPS) is 21.3. The number of aliphatic hydroxyl groups is 1. The molecular formula is C21H24FN3O3. The average molecular weight is 385 g/mol. The molecule has 1 fully saturated rings. The maximum atomic E-state index is 13.4. The maximum Gasteiger partial charge on any atom is 0.253 e. The van der Waals surface area contributed by atoms with Crippen molar-refractivity contribution in [1.82, 2.24) is 10.3 Å². The topological polar surface area (TPSA) is 85.4 Å². The maximum absolute atomic E-state index is 13.4. The number of aromatic nitrogens is 1. The molecule has 28 heavy (non-hydrogen) atoms. The van der Waals surface area contributed by atoms with Crippen molar-refractivity contribution in [2.75, 3.05) is 4.90 Å². The van der Waals surface area contributed by atoms with Crippen molar-refractivity contribution < 1.29 is 19.1 Å². The molecule has 2 aromatic rings. The summed E-state index contributed by atoms with van der Waals surface area (Å²) in [6, 6.07) is 4.15. The van der Waals surface area contributed by atoms with Crippen LogP contribution in [0.5, 0.6) is 0 Å². The monoisotopic (exact) mass is 385 g/mol. The zero-order valence-corrected chi connectivity index (χ0v) is 16.0. The highest BCUT2D eigenvalue weighted by Gasteiger charge is 2.31. The van der Waals surface area contributed by atoms with Crippen LogP contribution in [0.15, 0.2) is 18.2 Å². The lowest BCUT2D eigenvalue weighted by atomic mass is 10.1. The van der Waals surface area contributed by atoms with Crippen LogP contribution in [0, 0.1) is 19.7 Å². The van der Waals surface area contributed by atoms with E-state index in [4.69, 9.17) is 0 Å². The Labute approximate surface area is 162 Å². The van der Waals surface area contributed by atoms with Gasteiger partial charge >= 0.3 is 0 Å². The Bertz CT molecular complexity index is 953. The summed E-state index contributed by atoms with van der Waals surface area (Å²) in [5.41, 5.74) is 4.23. The third kappa shape index (κ3) is 3.20. The molecular weight excluding hydrogens is 361 g/mol. The summed E-state index contributed by atoms with van der Waals surface area (Å²) in [4.78, 5) is 30.1. The zero-order chi connectivity index (χ0) is 20.0. The molecule has 2 atom stereocenters. The van der Waals surface area contributed by atoms with E-state index in [1.807, 2.05) is 13.8 Å². The number of rotatable bonds is 4. The lowest BCUT2D eigenvalue weighted by Crippen LogP contribution is -2.40. The Morgan fingerprint density at radius 2 is 2.14 bits per heavy atom. The average Bonchev–Trinajstić information content (AvgIpc) is 3.25. The van der Waals surface area contributed by atoms with Gasteiger partial charge in [-0.15, -0.1) is 0 Å². The number of aliphatic hydroxyl groups excluding tert-OH is 1. The molecule has 0 bridgehead atoms. The summed E-state index contributed by atoms with van der Waals surface area (Å²) >= 11 is 0. The fourth-order valence-electron chi connectivity index (χ4n) is 4.35. The van der Waals surface area contributed by atoms with Crippen LogP contribution in [0.3, 0.4) is 0 Å². The molecule has 3 N–H and O–H groups in total. The molecule has 0 unspecified atom stereocenters. The van der Waals surface area contributed by atoms with E-state index in [9.17, 15) is 19.1 Å². The number of carbonyl (C=O) groups is 2. The molecule has 2 aliphatic rings. The fraction of sp³-hybridized carbons (Fsp3) is 0.429. The molecule has 1 aromatic heterocycles. The van der Waals surface area contributed by atoms with Crippen molar-refractivity contribution in [3.8, 4) is 0 Å². The van der Waals surface area contributed by atoms with Crippen LogP contribution >= 0.6 is 0 Å². The van der Waals surface area contributed by atoms with E-state index in [0.29, 0.717) is 29.8 Å². The predicted octanol–water partition coefficient (Wildman–Crippen LogP) is 2.50. The van der Waals surface area contributed by atoms with E-state index < -0.39 is 6.10 Å². The van der Waals surface area contributed by atoms with E-state index in [-0.39, 0.29) is 30.1 Å². The van der Waals surface area contributed by atoms with E-state index in [1.54, 1.807) is 11.0 Å². The Morgan fingerprint density at radius 1 is 1.36 bits per heavy atom. The van der Waals surface area contributed by atoms with E-state index >= 15 is 0 Å². The van der Waals surface area contributed by atoms with Crippen LogP contribution in [0.2, 0.25) is 0 Å². The number of anilines is 1. The number of nitrogens with one attached hydrogen (secondary N) is 2. The van der Waals surface area contributed by atoms with Crippen molar-refractivity contribution in [2.45, 2.75) is 58.2 Å². The lowest BCUT2D eigenvalue weighted by molar-refractivity contribution is -0.117. The van der Waals surface area contributed by atoms with Crippen molar-refractivity contribution in [1.29, 1.82) is 0 Å². The summed E-state index contributed by atoms with van der Waals surface area (Å²) < 4.78 is 13.4. The van der Waals surface area contributed by atoms with Gasteiger partial charge in [0.25, 0.3) is 5.91 Å². The summed E-state index contributed by atoms with van der Waals surface area (Å²) in [5.74, 6) is -0.653. The summed E-state index contributed by atoms with van der Waals surface area (Å²) in [5, 5.41) is 12.9. The number of amides is 2. The molecule has 0 radical (unpaired) electrons. The van der Waals surface area contributed by atoms with Gasteiger partial charge in [-0.25, -0.2) is 4.39 Å². The van der Waals surface area contributed by atoms with Crippen molar-refractivity contribution in [3.05, 3.63) is 52.1 Å². The number of hydrogen-bond acceptors (Lipinski definition) is 3. The number of aryl methyl sites for hydroxylation is 1. The summed E-state index contributed by atoms with van der Waals surface area (Å²) in [6.45, 7) is 3.97. The van der Waals surface area contributed by atoms with Crippen molar-refractivity contribution in [2.24, 2.45) is 0 Å². The van der Waals surface area contributed by atoms with Gasteiger partial charge in [0.15, 0.2) is 0 Å². The smallest absolute Gasteiger partial charge is 0.253 e. The molecule has 1 aromatic carbocycles. The van der Waals surface area contributed by atoms with Crippen LogP contribution in [0.4, 0.5) is 10.1 Å². The van der Waals surface area contributed by atoms with Gasteiger partial charge in [-0.05, 0) is 62.4 Å². The molecule has 1 aliphatic heterocycles. The first-order valence-corrected chi connectivity index (χ1v) is 9.61. The van der Waals surface area contributed by atoms with Gasteiger partial charge in [0.1, 0.15) is 5.82 Å². The molecule has 0 saturated heterocycles. The highest BCUT2D eigenvalue weighted by atomic mass is 19.1. The Kier molecular flexibility index (Phi) is 4.71. The van der Waals surface area contributed by atoms with Crippen LogP contribution in [0.1, 0.15) is 52.1 Å². The highest BCUT2D eigenvalue weighted by Crippen LogP contribution is 2.32. The number of H-pyrrole nitrogens is 1. The summed E-state index contributed by atoms with van der Waals surface area (Å²) in [6.07, 6.45) is 2.07. The number of hydrogen-bond donors (Lipinski definition) is 3.